The van der Waals surface area contributed by atoms with Gasteiger partial charge in [0.15, 0.2) is 5.78 Å². The van der Waals surface area contributed by atoms with E-state index in [1.54, 1.807) is 36.7 Å². The van der Waals surface area contributed by atoms with Gasteiger partial charge in [-0.15, -0.1) is 0 Å². The summed E-state index contributed by atoms with van der Waals surface area (Å²) in [5.74, 6) is 0.700. The minimum absolute atomic E-state index is 0.0581. The van der Waals surface area contributed by atoms with E-state index in [-0.39, 0.29) is 24.1 Å². The third-order valence-corrected chi connectivity index (χ3v) is 8.13. The van der Waals surface area contributed by atoms with Gasteiger partial charge in [0.2, 0.25) is 10.0 Å². The Bertz CT molecular complexity index is 1430. The quantitative estimate of drug-likeness (QED) is 0.375. The lowest BCUT2D eigenvalue weighted by atomic mass is 10.0. The lowest BCUT2D eigenvalue weighted by molar-refractivity contribution is 0.0993. The fourth-order valence-electron chi connectivity index (χ4n) is 4.60. The highest BCUT2D eigenvalue weighted by atomic mass is 32.2. The van der Waals surface area contributed by atoms with Crippen LogP contribution in [0.3, 0.4) is 0 Å². The Hall–Kier alpha value is -3.13. The molecule has 172 valence electrons. The molecule has 33 heavy (non-hydrogen) atoms. The van der Waals surface area contributed by atoms with Crippen LogP contribution in [-0.2, 0) is 16.4 Å². The molecule has 0 unspecified atom stereocenters. The maximum absolute atomic E-state index is 13.1. The van der Waals surface area contributed by atoms with E-state index in [0.29, 0.717) is 23.1 Å². The molecule has 3 aromatic heterocycles. The number of ether oxygens (including phenoxy) is 1. The van der Waals surface area contributed by atoms with E-state index in [4.69, 9.17) is 4.74 Å². The first-order valence-electron chi connectivity index (χ1n) is 11.4. The largest absolute Gasteiger partial charge is 0.489 e. The number of Topliss-reactive ketones (excluding diaryl/α,β-unsaturated/α-hetero) is 1. The Labute approximate surface area is 192 Å². The van der Waals surface area contributed by atoms with Crippen molar-refractivity contribution in [3.63, 3.8) is 0 Å². The van der Waals surface area contributed by atoms with Crippen molar-refractivity contribution in [2.45, 2.75) is 51.6 Å². The zero-order valence-corrected chi connectivity index (χ0v) is 19.4. The highest BCUT2D eigenvalue weighted by Gasteiger charge is 2.19. The fraction of sp³-hybridized carbons (Fsp3) is 0.360. The van der Waals surface area contributed by atoms with Crippen molar-refractivity contribution < 1.29 is 17.9 Å². The van der Waals surface area contributed by atoms with Crippen LogP contribution in [0.4, 0.5) is 0 Å². The molecule has 0 spiro atoms. The molecule has 3 heterocycles. The molecule has 1 aliphatic carbocycles. The van der Waals surface area contributed by atoms with E-state index >= 15 is 0 Å². The van der Waals surface area contributed by atoms with Crippen LogP contribution in [0.5, 0.6) is 5.75 Å². The van der Waals surface area contributed by atoms with E-state index in [9.17, 15) is 13.2 Å². The molecule has 4 aromatic rings. The SMILES string of the molecule is CCCS(=O)(=O)n1ccc2ccc(C(=O)Cc3c[nH]c4ncc(OC5CCCC5)cc34)cc21. The second-order valence-corrected chi connectivity index (χ2v) is 10.7. The van der Waals surface area contributed by atoms with Crippen molar-refractivity contribution >= 4 is 37.7 Å². The van der Waals surface area contributed by atoms with Crippen molar-refractivity contribution in [3.05, 3.63) is 60.0 Å². The molecular weight excluding hydrogens is 438 g/mol. The van der Waals surface area contributed by atoms with Crippen LogP contribution in [0.15, 0.2) is 48.9 Å². The predicted molar refractivity (Wildman–Crippen MR) is 128 cm³/mol. The summed E-state index contributed by atoms with van der Waals surface area (Å²) in [7, 11) is -3.45. The number of nitrogens with one attached hydrogen (secondary N) is 1. The van der Waals surface area contributed by atoms with Crippen molar-refractivity contribution in [2.75, 3.05) is 5.75 Å². The molecular formula is C25H27N3O4S. The summed E-state index contributed by atoms with van der Waals surface area (Å²) in [5.41, 5.74) is 2.57. The molecule has 0 atom stereocenters. The maximum Gasteiger partial charge on any atom is 0.238 e. The first kappa shape index (κ1) is 21.7. The minimum Gasteiger partial charge on any atom is -0.489 e. The van der Waals surface area contributed by atoms with Gasteiger partial charge in [0.05, 0.1) is 23.6 Å². The predicted octanol–water partition coefficient (Wildman–Crippen LogP) is 4.85. The third kappa shape index (κ3) is 4.27. The summed E-state index contributed by atoms with van der Waals surface area (Å²) in [6.07, 6.45) is 10.5. The number of pyridine rings is 1. The van der Waals surface area contributed by atoms with Crippen LogP contribution in [0.1, 0.15) is 54.9 Å². The zero-order valence-electron chi connectivity index (χ0n) is 18.6. The summed E-state index contributed by atoms with van der Waals surface area (Å²) in [6.45, 7) is 1.83. The molecule has 1 fully saturated rings. The smallest absolute Gasteiger partial charge is 0.238 e. The van der Waals surface area contributed by atoms with E-state index in [1.165, 1.54) is 16.8 Å². The van der Waals surface area contributed by atoms with Crippen LogP contribution in [0.25, 0.3) is 21.9 Å². The van der Waals surface area contributed by atoms with Gasteiger partial charge in [-0.2, -0.15) is 0 Å². The highest BCUT2D eigenvalue weighted by Crippen LogP contribution is 2.28. The lowest BCUT2D eigenvalue weighted by Gasteiger charge is -2.12. The van der Waals surface area contributed by atoms with Gasteiger partial charge in [-0.25, -0.2) is 17.4 Å². The van der Waals surface area contributed by atoms with Crippen LogP contribution in [-0.4, -0.2) is 40.0 Å². The van der Waals surface area contributed by atoms with Crippen molar-refractivity contribution in [2.24, 2.45) is 0 Å². The number of rotatable bonds is 8. The molecule has 7 nitrogen and oxygen atoms in total. The number of aromatic amines is 1. The number of hydrogen-bond acceptors (Lipinski definition) is 5. The van der Waals surface area contributed by atoms with E-state index < -0.39 is 10.0 Å². The van der Waals surface area contributed by atoms with E-state index in [1.807, 2.05) is 19.2 Å². The van der Waals surface area contributed by atoms with Gasteiger partial charge in [0.25, 0.3) is 0 Å². The molecule has 1 aliphatic rings. The van der Waals surface area contributed by atoms with Gasteiger partial charge in [-0.3, -0.25) is 4.79 Å². The van der Waals surface area contributed by atoms with Gasteiger partial charge in [0.1, 0.15) is 11.4 Å². The minimum atomic E-state index is -3.45. The average Bonchev–Trinajstić information content (AvgIpc) is 3.53. The molecule has 5 rings (SSSR count). The Morgan fingerprint density at radius 1 is 1.21 bits per heavy atom. The molecule has 1 N–H and O–H groups in total. The molecule has 1 saturated carbocycles. The highest BCUT2D eigenvalue weighted by molar-refractivity contribution is 7.90. The number of fused-ring (bicyclic) bond motifs is 2. The third-order valence-electron chi connectivity index (χ3n) is 6.29. The Balaban J connectivity index is 1.42. The molecule has 0 radical (unpaired) electrons. The summed E-state index contributed by atoms with van der Waals surface area (Å²) < 4.78 is 32.6. The average molecular weight is 466 g/mol. The van der Waals surface area contributed by atoms with Crippen LogP contribution in [0.2, 0.25) is 0 Å². The number of nitrogens with zero attached hydrogens (tertiary/aromatic N) is 2. The molecule has 1 aromatic carbocycles. The number of H-pyrrole nitrogens is 1. The standard InChI is InChI=1S/C25H27N3O4S/c1-2-11-33(30,31)28-10-9-17-7-8-18(12-23(17)28)24(29)13-19-15-26-25-22(19)14-21(16-27-25)32-20-5-3-4-6-20/h7-10,12,14-16,20H,2-6,11,13H2,1H3,(H,26,27). The van der Waals surface area contributed by atoms with Gasteiger partial charge in [-0.1, -0.05) is 19.1 Å². The summed E-state index contributed by atoms with van der Waals surface area (Å²) in [5, 5.41) is 1.66. The molecule has 0 bridgehead atoms. The zero-order chi connectivity index (χ0) is 23.0. The molecule has 0 saturated heterocycles. The van der Waals surface area contributed by atoms with Crippen molar-refractivity contribution in [1.82, 2.24) is 13.9 Å². The Morgan fingerprint density at radius 3 is 2.82 bits per heavy atom. The number of carbonyl (C=O) groups excluding carboxylic acids is 1. The van der Waals surface area contributed by atoms with E-state index in [2.05, 4.69) is 9.97 Å². The van der Waals surface area contributed by atoms with Gasteiger partial charge >= 0.3 is 0 Å². The first-order valence-corrected chi connectivity index (χ1v) is 13.1. The van der Waals surface area contributed by atoms with Crippen LogP contribution in [0, 0.1) is 0 Å². The Kier molecular flexibility index (Phi) is 5.70. The number of carbonyl (C=O) groups is 1. The maximum atomic E-state index is 13.1. The van der Waals surface area contributed by atoms with Crippen molar-refractivity contribution in [1.29, 1.82) is 0 Å². The summed E-state index contributed by atoms with van der Waals surface area (Å²) in [6, 6.07) is 8.93. The first-order chi connectivity index (χ1) is 15.9. The van der Waals surface area contributed by atoms with Gasteiger partial charge in [-0.05, 0) is 55.9 Å². The monoisotopic (exact) mass is 465 g/mol. The van der Waals surface area contributed by atoms with E-state index in [0.717, 1.165) is 34.9 Å². The van der Waals surface area contributed by atoms with Crippen molar-refractivity contribution in [3.8, 4) is 5.75 Å². The number of ketones is 1. The Morgan fingerprint density at radius 2 is 2.03 bits per heavy atom. The number of hydrogen-bond donors (Lipinski definition) is 1. The lowest BCUT2D eigenvalue weighted by Crippen LogP contribution is -2.15. The normalized spacial score (nSPS) is 14.9. The molecule has 0 amide bonds. The summed E-state index contributed by atoms with van der Waals surface area (Å²) in [4.78, 5) is 20.7. The second-order valence-electron chi connectivity index (χ2n) is 8.71. The fourth-order valence-corrected chi connectivity index (χ4v) is 6.02. The van der Waals surface area contributed by atoms with Crippen LogP contribution < -0.4 is 4.74 Å². The second kappa shape index (κ2) is 8.67. The molecule has 0 aliphatic heterocycles. The number of aromatic nitrogens is 3. The number of benzene rings is 1. The van der Waals surface area contributed by atoms with Crippen LogP contribution >= 0.6 is 0 Å². The topological polar surface area (TPSA) is 94.1 Å². The van der Waals surface area contributed by atoms with Gasteiger partial charge in [0, 0.05) is 35.2 Å². The van der Waals surface area contributed by atoms with Gasteiger partial charge < -0.3 is 9.72 Å². The molecule has 8 heteroatoms. The summed E-state index contributed by atoms with van der Waals surface area (Å²) >= 11 is 0.